The molecule has 10 heteroatoms. The van der Waals surface area contributed by atoms with Crippen molar-refractivity contribution in [3.63, 3.8) is 0 Å². The number of benzene rings is 6. The van der Waals surface area contributed by atoms with Crippen LogP contribution in [0.5, 0.6) is 23.0 Å². The van der Waals surface area contributed by atoms with Gasteiger partial charge in [0.25, 0.3) is 0 Å². The van der Waals surface area contributed by atoms with Crippen molar-refractivity contribution in [1.82, 2.24) is 28.9 Å². The molecule has 0 spiro atoms. The van der Waals surface area contributed by atoms with Crippen molar-refractivity contribution in [2.45, 2.75) is 41.5 Å². The van der Waals surface area contributed by atoms with Gasteiger partial charge in [0.05, 0.1) is 35.4 Å². The molecule has 356 valence electrons. The predicted octanol–water partition coefficient (Wildman–Crippen LogP) is 14.6. The summed E-state index contributed by atoms with van der Waals surface area (Å²) in [6.07, 6.45) is 12.2. The first-order valence-corrected chi connectivity index (χ1v) is 24.5. The zero-order valence-electron chi connectivity index (χ0n) is 42.0. The SMILES string of the molecule is Cc1cc(C)c(-c2ccnc(-n3c4cc(Oc5cccc(N6C=CN(C)C6)c5)ccc4c4c3c3ccc(Oc5cccc(N6C=CN(C)C6)c5)cc3n4-c3cc(-c4c(C)cc(C)cc4C)ccn3)c2)c(C)c1. The second-order valence-corrected chi connectivity index (χ2v) is 19.6. The Morgan fingerprint density at radius 1 is 0.417 bits per heavy atom. The molecule has 0 bridgehead atoms. The third-order valence-electron chi connectivity index (χ3n) is 14.0. The Labute approximate surface area is 420 Å². The van der Waals surface area contributed by atoms with Crippen LogP contribution in [0.25, 0.3) is 66.7 Å². The molecule has 72 heavy (non-hydrogen) atoms. The van der Waals surface area contributed by atoms with Crippen LogP contribution < -0.4 is 19.3 Å². The predicted molar refractivity (Wildman–Crippen MR) is 294 cm³/mol. The lowest BCUT2D eigenvalue weighted by atomic mass is 9.94. The molecule has 0 fully saturated rings. The highest BCUT2D eigenvalue weighted by atomic mass is 16.5. The normalized spacial score (nSPS) is 13.5. The number of aromatic nitrogens is 4. The molecular weight excluding hydrogens is 889 g/mol. The lowest BCUT2D eigenvalue weighted by Crippen LogP contribution is -2.21. The van der Waals surface area contributed by atoms with E-state index in [4.69, 9.17) is 19.4 Å². The van der Waals surface area contributed by atoms with Gasteiger partial charge in [0.2, 0.25) is 0 Å². The van der Waals surface area contributed by atoms with Gasteiger partial charge in [-0.1, -0.05) is 47.5 Å². The van der Waals surface area contributed by atoms with Crippen LogP contribution in [0.15, 0.2) is 171 Å². The fraction of sp³-hybridized carbons (Fsp3) is 0.161. The van der Waals surface area contributed by atoms with E-state index < -0.39 is 0 Å². The lowest BCUT2D eigenvalue weighted by molar-refractivity contribution is 0.481. The van der Waals surface area contributed by atoms with E-state index in [-0.39, 0.29) is 0 Å². The topological polar surface area (TPSA) is 67.1 Å². The van der Waals surface area contributed by atoms with Crippen molar-refractivity contribution >= 4 is 44.2 Å². The van der Waals surface area contributed by atoms with E-state index in [2.05, 4.69) is 218 Å². The first kappa shape index (κ1) is 44.4. The van der Waals surface area contributed by atoms with Crippen molar-refractivity contribution in [2.75, 3.05) is 37.2 Å². The highest BCUT2D eigenvalue weighted by molar-refractivity contribution is 6.20. The Morgan fingerprint density at radius 3 is 1.21 bits per heavy atom. The lowest BCUT2D eigenvalue weighted by Gasteiger charge is -2.19. The molecule has 0 atom stereocenters. The number of aryl methyl sites for hydroxylation is 6. The van der Waals surface area contributed by atoms with Gasteiger partial charge >= 0.3 is 0 Å². The summed E-state index contributed by atoms with van der Waals surface area (Å²) in [7, 11) is 4.15. The minimum atomic E-state index is 0.715. The number of hydrogen-bond acceptors (Lipinski definition) is 8. The fourth-order valence-electron chi connectivity index (χ4n) is 11.1. The number of ether oxygens (including phenoxy) is 2. The number of hydrogen-bond donors (Lipinski definition) is 0. The molecular formula is C62H56N8O2. The molecule has 0 unspecified atom stereocenters. The van der Waals surface area contributed by atoms with Crippen molar-refractivity contribution in [1.29, 1.82) is 0 Å². The van der Waals surface area contributed by atoms with Gasteiger partial charge in [-0.3, -0.25) is 9.13 Å². The Balaban J connectivity index is 1.09. The van der Waals surface area contributed by atoms with Crippen molar-refractivity contribution < 1.29 is 9.47 Å². The summed E-state index contributed by atoms with van der Waals surface area (Å²) in [6, 6.07) is 47.1. The molecule has 6 aromatic carbocycles. The smallest absolute Gasteiger partial charge is 0.138 e. The molecule has 2 aliphatic heterocycles. The number of nitrogens with zero attached hydrogens (tertiary/aromatic N) is 8. The summed E-state index contributed by atoms with van der Waals surface area (Å²) in [6.45, 7) is 14.7. The van der Waals surface area contributed by atoms with Gasteiger partial charge in [-0.15, -0.1) is 0 Å². The van der Waals surface area contributed by atoms with Gasteiger partial charge in [0.15, 0.2) is 0 Å². The molecule has 6 heterocycles. The third-order valence-corrected chi connectivity index (χ3v) is 14.0. The van der Waals surface area contributed by atoms with Crippen molar-refractivity contribution in [2.24, 2.45) is 0 Å². The summed E-state index contributed by atoms with van der Waals surface area (Å²) < 4.78 is 18.2. The molecule has 0 saturated heterocycles. The molecule has 2 aliphatic rings. The van der Waals surface area contributed by atoms with Crippen LogP contribution in [0.1, 0.15) is 33.4 Å². The monoisotopic (exact) mass is 944 g/mol. The van der Waals surface area contributed by atoms with Crippen LogP contribution in [0.3, 0.4) is 0 Å². The highest BCUT2D eigenvalue weighted by Gasteiger charge is 2.26. The van der Waals surface area contributed by atoms with Gasteiger partial charge in [0.1, 0.15) is 34.6 Å². The second-order valence-electron chi connectivity index (χ2n) is 19.6. The zero-order valence-corrected chi connectivity index (χ0v) is 42.0. The van der Waals surface area contributed by atoms with Gasteiger partial charge in [-0.05, 0) is 159 Å². The van der Waals surface area contributed by atoms with E-state index >= 15 is 0 Å². The highest BCUT2D eigenvalue weighted by Crippen LogP contribution is 2.44. The second kappa shape index (κ2) is 17.6. The summed E-state index contributed by atoms with van der Waals surface area (Å²) in [5.41, 5.74) is 18.1. The van der Waals surface area contributed by atoms with E-state index in [0.717, 1.165) is 91.8 Å². The number of fused-ring (bicyclic) bond motifs is 5. The number of rotatable bonds is 10. The molecule has 0 N–H and O–H groups in total. The zero-order chi connectivity index (χ0) is 49.4. The molecule has 0 amide bonds. The van der Waals surface area contributed by atoms with E-state index in [9.17, 15) is 0 Å². The Hall–Kier alpha value is -8.76. The third kappa shape index (κ3) is 7.95. The Bertz CT molecular complexity index is 3560. The fourth-order valence-corrected chi connectivity index (χ4v) is 11.1. The largest absolute Gasteiger partial charge is 0.457 e. The number of anilines is 2. The molecule has 10 nitrogen and oxygen atoms in total. The van der Waals surface area contributed by atoms with Gasteiger partial charge < -0.3 is 29.1 Å². The van der Waals surface area contributed by atoms with Crippen LogP contribution >= 0.6 is 0 Å². The minimum absolute atomic E-state index is 0.715. The first-order valence-electron chi connectivity index (χ1n) is 24.5. The molecule has 12 rings (SSSR count). The summed E-state index contributed by atoms with van der Waals surface area (Å²) in [5, 5.41) is 2.05. The Kier molecular flexibility index (Phi) is 10.9. The minimum Gasteiger partial charge on any atom is -0.457 e. The quantitative estimate of drug-likeness (QED) is 0.134. The summed E-state index contributed by atoms with van der Waals surface area (Å²) >= 11 is 0. The standard InChI is InChI=1S/C62H56N8O2/c1-39-27-41(3)59(42(4)28-39)45-19-21-63-57(31-45)69-55-35-51(71-49-13-9-11-47(33-49)67-25-23-65(7)37-67)15-17-53(55)62-61(69)54-18-16-52(72-50-14-10-12-48(34-50)68-26-24-66(8)38-68)36-56(54)70(62)58-32-46(20-22-64-58)60-43(5)29-40(2)30-44(60)6/h9-36H,37-38H2,1-8H3. The molecule has 0 saturated carbocycles. The van der Waals surface area contributed by atoms with E-state index in [0.29, 0.717) is 11.5 Å². The van der Waals surface area contributed by atoms with Crippen LogP contribution in [0.2, 0.25) is 0 Å². The maximum Gasteiger partial charge on any atom is 0.138 e. The molecule has 10 aromatic rings. The average molecular weight is 945 g/mol. The maximum absolute atomic E-state index is 6.79. The Morgan fingerprint density at radius 2 is 0.819 bits per heavy atom. The van der Waals surface area contributed by atoms with Crippen LogP contribution in [0.4, 0.5) is 11.4 Å². The molecule has 0 radical (unpaired) electrons. The van der Waals surface area contributed by atoms with Crippen LogP contribution in [-0.2, 0) is 0 Å². The summed E-state index contributed by atoms with van der Waals surface area (Å²) in [4.78, 5) is 19.1. The maximum atomic E-state index is 6.79. The van der Waals surface area contributed by atoms with Gasteiger partial charge in [0, 0.05) is 97.7 Å². The van der Waals surface area contributed by atoms with Gasteiger partial charge in [-0.25, -0.2) is 9.97 Å². The van der Waals surface area contributed by atoms with E-state index in [1.165, 1.54) is 44.5 Å². The average Bonchev–Trinajstić information content (AvgIpc) is 4.14. The van der Waals surface area contributed by atoms with Crippen molar-refractivity contribution in [3.8, 4) is 56.9 Å². The van der Waals surface area contributed by atoms with Gasteiger partial charge in [-0.2, -0.15) is 0 Å². The molecule has 4 aromatic heterocycles. The van der Waals surface area contributed by atoms with Crippen LogP contribution in [-0.4, -0.2) is 56.3 Å². The number of pyridine rings is 2. The van der Waals surface area contributed by atoms with E-state index in [1.807, 2.05) is 36.7 Å². The summed E-state index contributed by atoms with van der Waals surface area (Å²) in [5.74, 6) is 4.52. The van der Waals surface area contributed by atoms with Crippen LogP contribution in [0, 0.1) is 41.5 Å². The first-order chi connectivity index (χ1) is 34.9. The van der Waals surface area contributed by atoms with E-state index in [1.54, 1.807) is 0 Å². The molecule has 0 aliphatic carbocycles. The van der Waals surface area contributed by atoms with Crippen molar-refractivity contribution in [3.05, 3.63) is 204 Å².